The highest BCUT2D eigenvalue weighted by atomic mass is 35.5. The topological polar surface area (TPSA) is 38.8 Å². The molecule has 88 valence electrons. The average Bonchev–Trinajstić information content (AvgIpc) is 1.99. The molecule has 4 nitrogen and oxygen atoms in total. The Hall–Kier alpha value is -0.320. The smallest absolute Gasteiger partial charge is 0.406 e. The van der Waals surface area contributed by atoms with Gasteiger partial charge in [-0.15, -0.1) is 0 Å². The van der Waals surface area contributed by atoms with Crippen LogP contribution in [-0.4, -0.2) is 42.9 Å². The number of morpholine rings is 1. The molecule has 1 rings (SSSR count). The van der Waals surface area contributed by atoms with Crippen molar-refractivity contribution < 1.29 is 14.3 Å². The molecule has 1 fully saturated rings. The van der Waals surface area contributed by atoms with Gasteiger partial charge in [-0.2, -0.15) is 0 Å². The van der Waals surface area contributed by atoms with Crippen molar-refractivity contribution in [3.63, 3.8) is 0 Å². The Morgan fingerprint density at radius 2 is 2.33 bits per heavy atom. The van der Waals surface area contributed by atoms with Crippen molar-refractivity contribution in [1.82, 2.24) is 4.90 Å². The van der Waals surface area contributed by atoms with Crippen molar-refractivity contribution >= 4 is 17.0 Å². The summed E-state index contributed by atoms with van der Waals surface area (Å²) in [6, 6.07) is 0. The molecular weight excluding hydrogens is 218 g/mol. The number of carbonyl (C=O) groups is 1. The predicted molar refractivity (Wildman–Crippen MR) is 58.0 cm³/mol. The summed E-state index contributed by atoms with van der Waals surface area (Å²) < 4.78 is 10.7. The van der Waals surface area contributed by atoms with Crippen molar-refractivity contribution in [3.8, 4) is 0 Å². The Morgan fingerprint density at radius 1 is 1.67 bits per heavy atom. The molecule has 0 aromatic rings. The van der Waals surface area contributed by atoms with E-state index in [0.29, 0.717) is 25.5 Å². The van der Waals surface area contributed by atoms with E-state index < -0.39 is 11.2 Å². The normalized spacial score (nSPS) is 28.1. The zero-order valence-electron chi connectivity index (χ0n) is 9.46. The van der Waals surface area contributed by atoms with Gasteiger partial charge in [-0.1, -0.05) is 13.8 Å². The molecule has 0 amide bonds. The first-order valence-corrected chi connectivity index (χ1v) is 5.52. The van der Waals surface area contributed by atoms with Gasteiger partial charge in [-0.05, 0) is 13.0 Å². The van der Waals surface area contributed by atoms with Crippen LogP contribution in [0.15, 0.2) is 0 Å². The van der Waals surface area contributed by atoms with Crippen LogP contribution in [0.25, 0.3) is 0 Å². The Morgan fingerprint density at radius 3 is 2.80 bits per heavy atom. The second-order valence-electron chi connectivity index (χ2n) is 4.43. The minimum atomic E-state index is -0.861. The number of carbonyl (C=O) groups excluding carboxylic acids is 1. The first kappa shape index (κ1) is 12.7. The molecule has 1 heterocycles. The van der Waals surface area contributed by atoms with Crippen LogP contribution < -0.4 is 0 Å². The lowest BCUT2D eigenvalue weighted by molar-refractivity contribution is -0.237. The second kappa shape index (κ2) is 5.14. The van der Waals surface area contributed by atoms with Gasteiger partial charge < -0.3 is 9.47 Å². The zero-order chi connectivity index (χ0) is 11.5. The van der Waals surface area contributed by atoms with Crippen molar-refractivity contribution in [2.45, 2.75) is 26.1 Å². The van der Waals surface area contributed by atoms with E-state index in [-0.39, 0.29) is 0 Å². The van der Waals surface area contributed by atoms with E-state index in [1.54, 1.807) is 0 Å². The molecular formula is C10H18ClNO3. The number of rotatable bonds is 3. The lowest BCUT2D eigenvalue weighted by Gasteiger charge is -2.40. The average molecular weight is 236 g/mol. The molecule has 0 saturated carbocycles. The van der Waals surface area contributed by atoms with E-state index in [0.717, 1.165) is 6.54 Å². The van der Waals surface area contributed by atoms with Gasteiger partial charge in [0, 0.05) is 24.6 Å². The molecule has 1 atom stereocenters. The maximum absolute atomic E-state index is 10.9. The van der Waals surface area contributed by atoms with Crippen LogP contribution in [0, 0.1) is 5.92 Å². The molecule has 1 saturated heterocycles. The summed E-state index contributed by atoms with van der Waals surface area (Å²) >= 11 is 5.27. The summed E-state index contributed by atoms with van der Waals surface area (Å²) in [5, 5.41) is 0. The molecule has 1 aliphatic heterocycles. The fourth-order valence-electron chi connectivity index (χ4n) is 1.92. The molecule has 0 aliphatic carbocycles. The fraction of sp³-hybridized carbons (Fsp3) is 0.900. The maximum atomic E-state index is 10.9. The van der Waals surface area contributed by atoms with E-state index in [1.165, 1.54) is 0 Å². The van der Waals surface area contributed by atoms with E-state index in [9.17, 15) is 4.79 Å². The Balaban J connectivity index is 2.70. The molecule has 0 aromatic carbocycles. The molecule has 0 bridgehead atoms. The van der Waals surface area contributed by atoms with Gasteiger partial charge in [0.25, 0.3) is 0 Å². The SMILES string of the molecule is CC(C)CC1(OC(=O)Cl)CN(C)CCO1. The Labute approximate surface area is 95.5 Å². The molecule has 1 aliphatic rings. The minimum absolute atomic E-state index is 0.382. The number of hydrogen-bond donors (Lipinski definition) is 0. The van der Waals surface area contributed by atoms with E-state index in [1.807, 2.05) is 7.05 Å². The largest absolute Gasteiger partial charge is 0.420 e. The fourth-order valence-corrected chi connectivity index (χ4v) is 2.06. The number of hydrogen-bond acceptors (Lipinski definition) is 4. The molecule has 5 heteroatoms. The lowest BCUT2D eigenvalue weighted by Crippen LogP contribution is -2.53. The van der Waals surface area contributed by atoms with Gasteiger partial charge in [0.1, 0.15) is 0 Å². The molecule has 15 heavy (non-hydrogen) atoms. The van der Waals surface area contributed by atoms with Crippen LogP contribution >= 0.6 is 11.6 Å². The van der Waals surface area contributed by atoms with Crippen molar-refractivity contribution in [2.75, 3.05) is 26.7 Å². The van der Waals surface area contributed by atoms with E-state index in [2.05, 4.69) is 18.7 Å². The number of nitrogens with zero attached hydrogens (tertiary/aromatic N) is 1. The van der Waals surface area contributed by atoms with Gasteiger partial charge in [0.05, 0.1) is 13.2 Å². The van der Waals surface area contributed by atoms with Crippen LogP contribution in [0.1, 0.15) is 20.3 Å². The summed E-state index contributed by atoms with van der Waals surface area (Å²) in [6.45, 7) is 6.10. The number of ether oxygens (including phenoxy) is 2. The summed E-state index contributed by atoms with van der Waals surface area (Å²) in [6.07, 6.45) is 0.662. The number of halogens is 1. The van der Waals surface area contributed by atoms with Gasteiger partial charge in [-0.3, -0.25) is 4.90 Å². The van der Waals surface area contributed by atoms with Crippen LogP contribution in [0.4, 0.5) is 4.79 Å². The molecule has 0 N–H and O–H groups in total. The second-order valence-corrected chi connectivity index (χ2v) is 4.74. The Bertz CT molecular complexity index is 231. The van der Waals surface area contributed by atoms with E-state index in [4.69, 9.17) is 21.1 Å². The summed E-state index contributed by atoms with van der Waals surface area (Å²) in [5.74, 6) is -0.479. The van der Waals surface area contributed by atoms with Gasteiger partial charge in [0.15, 0.2) is 0 Å². The van der Waals surface area contributed by atoms with Crippen molar-refractivity contribution in [3.05, 3.63) is 0 Å². The van der Waals surface area contributed by atoms with Crippen molar-refractivity contribution in [1.29, 1.82) is 0 Å². The molecule has 0 radical (unpaired) electrons. The quantitative estimate of drug-likeness (QED) is 0.702. The summed E-state index contributed by atoms with van der Waals surface area (Å²) in [5.41, 5.74) is -0.800. The maximum Gasteiger partial charge on any atom is 0.406 e. The van der Waals surface area contributed by atoms with Gasteiger partial charge in [-0.25, -0.2) is 4.79 Å². The van der Waals surface area contributed by atoms with Crippen molar-refractivity contribution in [2.24, 2.45) is 5.92 Å². The lowest BCUT2D eigenvalue weighted by atomic mass is 10.0. The zero-order valence-corrected chi connectivity index (χ0v) is 10.2. The highest BCUT2D eigenvalue weighted by Gasteiger charge is 2.39. The third kappa shape index (κ3) is 3.97. The first-order valence-electron chi connectivity index (χ1n) is 5.14. The first-order chi connectivity index (χ1) is 6.93. The van der Waals surface area contributed by atoms with E-state index >= 15 is 0 Å². The monoisotopic (exact) mass is 235 g/mol. The number of likely N-dealkylation sites (N-methyl/N-ethyl adjacent to an activating group) is 1. The molecule has 1 unspecified atom stereocenters. The Kier molecular flexibility index (Phi) is 4.37. The third-order valence-corrected chi connectivity index (χ3v) is 2.41. The standard InChI is InChI=1S/C10H18ClNO3/c1-8(2)6-10(15-9(11)13)7-12(3)4-5-14-10/h8H,4-7H2,1-3H3. The highest BCUT2D eigenvalue weighted by Crippen LogP contribution is 2.27. The van der Waals surface area contributed by atoms with Crippen LogP contribution in [-0.2, 0) is 9.47 Å². The summed E-state index contributed by atoms with van der Waals surface area (Å²) in [4.78, 5) is 12.9. The van der Waals surface area contributed by atoms with Crippen LogP contribution in [0.5, 0.6) is 0 Å². The highest BCUT2D eigenvalue weighted by molar-refractivity contribution is 6.61. The predicted octanol–water partition coefficient (Wildman–Crippen LogP) is 2.07. The molecule has 0 spiro atoms. The van der Waals surface area contributed by atoms with Crippen LogP contribution in [0.3, 0.4) is 0 Å². The molecule has 0 aromatic heterocycles. The third-order valence-electron chi connectivity index (χ3n) is 2.33. The van der Waals surface area contributed by atoms with Gasteiger partial charge in [0.2, 0.25) is 5.79 Å². The summed E-state index contributed by atoms with van der Waals surface area (Å²) in [7, 11) is 1.97. The minimum Gasteiger partial charge on any atom is -0.420 e. The van der Waals surface area contributed by atoms with Crippen LogP contribution in [0.2, 0.25) is 0 Å². The van der Waals surface area contributed by atoms with Gasteiger partial charge >= 0.3 is 5.43 Å².